The summed E-state index contributed by atoms with van der Waals surface area (Å²) < 4.78 is 5.12. The highest BCUT2D eigenvalue weighted by Gasteiger charge is 2.15. The van der Waals surface area contributed by atoms with Crippen LogP contribution in [0.2, 0.25) is 0 Å². The molecule has 0 aliphatic heterocycles. The molecule has 5 nitrogen and oxygen atoms in total. The smallest absolute Gasteiger partial charge is 0.238 e. The molecule has 1 atom stereocenters. The van der Waals surface area contributed by atoms with Crippen LogP contribution in [0.5, 0.6) is 5.88 Å². The highest BCUT2D eigenvalue weighted by molar-refractivity contribution is 5.53. The number of aromatic nitrogens is 1. The molecule has 0 bridgehead atoms. The number of nitrogens with two attached hydrogens (primary N) is 1. The van der Waals surface area contributed by atoms with E-state index in [0.717, 1.165) is 12.4 Å². The minimum Gasteiger partial charge on any atom is -0.479 e. The summed E-state index contributed by atoms with van der Waals surface area (Å²) in [5.41, 5.74) is 6.30. The summed E-state index contributed by atoms with van der Waals surface area (Å²) in [5, 5.41) is 3.42. The SMILES string of the molecule is COc1nc(NC(CN(C)C)C(C)C)ccc1N. The molecule has 1 aromatic rings. The molecule has 1 aromatic heterocycles. The van der Waals surface area contributed by atoms with Crippen LogP contribution in [0.4, 0.5) is 11.5 Å². The van der Waals surface area contributed by atoms with Gasteiger partial charge in [0.05, 0.1) is 12.8 Å². The summed E-state index contributed by atoms with van der Waals surface area (Å²) in [5.74, 6) is 1.77. The number of methoxy groups -OCH3 is 1. The van der Waals surface area contributed by atoms with Crippen LogP contribution in [-0.4, -0.2) is 43.7 Å². The maximum absolute atomic E-state index is 5.75. The molecule has 0 saturated heterocycles. The van der Waals surface area contributed by atoms with Crippen molar-refractivity contribution >= 4 is 11.5 Å². The van der Waals surface area contributed by atoms with Gasteiger partial charge in [-0.1, -0.05) is 13.8 Å². The van der Waals surface area contributed by atoms with Crippen molar-refractivity contribution in [3.63, 3.8) is 0 Å². The summed E-state index contributed by atoms with van der Waals surface area (Å²) in [4.78, 5) is 6.50. The fourth-order valence-corrected chi connectivity index (χ4v) is 1.70. The summed E-state index contributed by atoms with van der Waals surface area (Å²) in [6, 6.07) is 4.02. The number of ether oxygens (including phenoxy) is 1. The van der Waals surface area contributed by atoms with Crippen molar-refractivity contribution in [2.75, 3.05) is 38.8 Å². The van der Waals surface area contributed by atoms with Crippen LogP contribution < -0.4 is 15.8 Å². The van der Waals surface area contributed by atoms with Crippen LogP contribution in [-0.2, 0) is 0 Å². The summed E-state index contributed by atoms with van der Waals surface area (Å²) >= 11 is 0. The quantitative estimate of drug-likeness (QED) is 0.806. The number of hydrogen-bond donors (Lipinski definition) is 2. The van der Waals surface area contributed by atoms with E-state index in [4.69, 9.17) is 10.5 Å². The van der Waals surface area contributed by atoms with Crippen molar-refractivity contribution < 1.29 is 4.74 Å². The number of nitrogens with zero attached hydrogens (tertiary/aromatic N) is 2. The lowest BCUT2D eigenvalue weighted by atomic mass is 10.0. The zero-order valence-corrected chi connectivity index (χ0v) is 11.9. The zero-order valence-electron chi connectivity index (χ0n) is 11.9. The molecule has 0 spiro atoms. The third kappa shape index (κ3) is 4.07. The van der Waals surface area contributed by atoms with Crippen LogP contribution in [0.25, 0.3) is 0 Å². The average Bonchev–Trinajstić information content (AvgIpc) is 2.29. The highest BCUT2D eigenvalue weighted by atomic mass is 16.5. The molecule has 1 heterocycles. The number of nitrogen functional groups attached to an aromatic ring is 1. The van der Waals surface area contributed by atoms with Crippen molar-refractivity contribution in [3.8, 4) is 5.88 Å². The fourth-order valence-electron chi connectivity index (χ4n) is 1.70. The van der Waals surface area contributed by atoms with Crippen LogP contribution in [0.3, 0.4) is 0 Å². The van der Waals surface area contributed by atoms with Crippen molar-refractivity contribution in [2.24, 2.45) is 5.92 Å². The first-order valence-corrected chi connectivity index (χ1v) is 6.15. The van der Waals surface area contributed by atoms with E-state index in [1.54, 1.807) is 13.2 Å². The Morgan fingerprint density at radius 1 is 1.39 bits per heavy atom. The summed E-state index contributed by atoms with van der Waals surface area (Å²) in [7, 11) is 5.70. The minimum absolute atomic E-state index is 0.334. The lowest BCUT2D eigenvalue weighted by Crippen LogP contribution is -2.36. The van der Waals surface area contributed by atoms with Gasteiger partial charge in [0.2, 0.25) is 5.88 Å². The lowest BCUT2D eigenvalue weighted by Gasteiger charge is -2.26. The van der Waals surface area contributed by atoms with Gasteiger partial charge in [0.15, 0.2) is 0 Å². The Bertz CT molecular complexity index is 379. The van der Waals surface area contributed by atoms with Crippen molar-refractivity contribution in [3.05, 3.63) is 12.1 Å². The van der Waals surface area contributed by atoms with Crippen LogP contribution >= 0.6 is 0 Å². The molecule has 0 aromatic carbocycles. The summed E-state index contributed by atoms with van der Waals surface area (Å²) in [6.45, 7) is 5.33. The van der Waals surface area contributed by atoms with Gasteiger partial charge in [-0.25, -0.2) is 0 Å². The van der Waals surface area contributed by atoms with Crippen molar-refractivity contribution in [1.82, 2.24) is 9.88 Å². The second-order valence-corrected chi connectivity index (χ2v) is 5.05. The molecule has 0 fully saturated rings. The molecule has 1 rings (SSSR count). The third-order valence-corrected chi connectivity index (χ3v) is 2.78. The Morgan fingerprint density at radius 2 is 2.06 bits per heavy atom. The van der Waals surface area contributed by atoms with Gasteiger partial charge in [-0.05, 0) is 32.1 Å². The molecule has 102 valence electrons. The molecule has 5 heteroatoms. The van der Waals surface area contributed by atoms with Gasteiger partial charge >= 0.3 is 0 Å². The minimum atomic E-state index is 0.334. The molecular weight excluding hydrogens is 228 g/mol. The second kappa shape index (κ2) is 6.44. The maximum Gasteiger partial charge on any atom is 0.238 e. The Balaban J connectivity index is 2.80. The maximum atomic E-state index is 5.75. The zero-order chi connectivity index (χ0) is 13.7. The van der Waals surface area contributed by atoms with Gasteiger partial charge in [0, 0.05) is 12.6 Å². The fraction of sp³-hybridized carbons (Fsp3) is 0.615. The van der Waals surface area contributed by atoms with Crippen LogP contribution in [0, 0.1) is 5.92 Å². The van der Waals surface area contributed by atoms with Gasteiger partial charge < -0.3 is 20.7 Å². The van der Waals surface area contributed by atoms with Crippen LogP contribution in [0.1, 0.15) is 13.8 Å². The Labute approximate surface area is 109 Å². The van der Waals surface area contributed by atoms with Crippen molar-refractivity contribution in [1.29, 1.82) is 0 Å². The first-order chi connectivity index (χ1) is 8.43. The molecule has 0 amide bonds. The molecule has 18 heavy (non-hydrogen) atoms. The normalized spacial score (nSPS) is 12.8. The standard InChI is InChI=1S/C13H24N4O/c1-9(2)11(8-17(3)4)15-12-7-6-10(14)13(16-12)18-5/h6-7,9,11H,8,14H2,1-5H3,(H,15,16). The molecule has 0 radical (unpaired) electrons. The number of rotatable bonds is 6. The molecular formula is C13H24N4O. The second-order valence-electron chi connectivity index (χ2n) is 5.05. The Hall–Kier alpha value is -1.49. The van der Waals surface area contributed by atoms with Gasteiger partial charge in [-0.3, -0.25) is 0 Å². The predicted molar refractivity (Wildman–Crippen MR) is 76.0 cm³/mol. The van der Waals surface area contributed by atoms with Gasteiger partial charge in [-0.2, -0.15) is 4.98 Å². The average molecular weight is 252 g/mol. The number of nitrogens with one attached hydrogen (secondary N) is 1. The number of hydrogen-bond acceptors (Lipinski definition) is 5. The molecule has 0 aliphatic carbocycles. The number of pyridine rings is 1. The molecule has 0 aliphatic rings. The Morgan fingerprint density at radius 3 is 2.56 bits per heavy atom. The van der Waals surface area contributed by atoms with E-state index >= 15 is 0 Å². The topological polar surface area (TPSA) is 63.4 Å². The largest absolute Gasteiger partial charge is 0.479 e. The van der Waals surface area contributed by atoms with Gasteiger partial charge in [0.1, 0.15) is 5.82 Å². The molecule has 0 saturated carbocycles. The monoisotopic (exact) mass is 252 g/mol. The Kier molecular flexibility index (Phi) is 5.22. The van der Waals surface area contributed by atoms with Crippen LogP contribution in [0.15, 0.2) is 12.1 Å². The molecule has 3 N–H and O–H groups in total. The number of anilines is 2. The highest BCUT2D eigenvalue weighted by Crippen LogP contribution is 2.21. The summed E-state index contributed by atoms with van der Waals surface area (Å²) in [6.07, 6.45) is 0. The first kappa shape index (κ1) is 14.6. The molecule has 1 unspecified atom stereocenters. The van der Waals surface area contributed by atoms with E-state index in [2.05, 4.69) is 43.1 Å². The van der Waals surface area contributed by atoms with E-state index in [1.165, 1.54) is 0 Å². The first-order valence-electron chi connectivity index (χ1n) is 6.15. The van der Waals surface area contributed by atoms with Gasteiger partial charge in [0.25, 0.3) is 0 Å². The predicted octanol–water partition coefficient (Wildman–Crippen LogP) is 1.67. The van der Waals surface area contributed by atoms with Crippen molar-refractivity contribution in [2.45, 2.75) is 19.9 Å². The number of likely N-dealkylation sites (N-methyl/N-ethyl adjacent to an activating group) is 1. The van der Waals surface area contributed by atoms with E-state index in [1.807, 2.05) is 6.07 Å². The lowest BCUT2D eigenvalue weighted by molar-refractivity contribution is 0.343. The van der Waals surface area contributed by atoms with E-state index < -0.39 is 0 Å². The van der Waals surface area contributed by atoms with E-state index in [9.17, 15) is 0 Å². The third-order valence-electron chi connectivity index (χ3n) is 2.78. The van der Waals surface area contributed by atoms with E-state index in [-0.39, 0.29) is 0 Å². The van der Waals surface area contributed by atoms with Gasteiger partial charge in [-0.15, -0.1) is 0 Å². The van der Waals surface area contributed by atoms with E-state index in [0.29, 0.717) is 23.5 Å².